The molecule has 2 aromatic rings. The average molecular weight is 285 g/mol. The fraction of sp³-hybridized carbons (Fsp3) is 0.294. The van der Waals surface area contributed by atoms with Gasteiger partial charge in [0.15, 0.2) is 0 Å². The highest BCUT2D eigenvalue weighted by atomic mass is 32.2. The molecule has 1 aliphatic rings. The average Bonchev–Trinajstić information content (AvgIpc) is 2.90. The zero-order valence-electron chi connectivity index (χ0n) is 11.4. The first-order valence-electron chi connectivity index (χ1n) is 7.05. The smallest absolute Gasteiger partial charge is 0.123 e. The maximum absolute atomic E-state index is 5.90. The standard InChI is InChI=1S/C17H19NOS/c1-2-7-16(8-3-1)20-11-10-18-13-15-12-14-6-4-5-9-17(14)19-15/h1-9,15,18H,10-13H2. The van der Waals surface area contributed by atoms with Crippen LogP contribution in [0.5, 0.6) is 5.75 Å². The monoisotopic (exact) mass is 285 g/mol. The van der Waals surface area contributed by atoms with Crippen LogP contribution in [0.15, 0.2) is 59.5 Å². The summed E-state index contributed by atoms with van der Waals surface area (Å²) in [6.45, 7) is 1.93. The Kier molecular flexibility index (Phi) is 4.61. The second kappa shape index (κ2) is 6.82. The van der Waals surface area contributed by atoms with Crippen LogP contribution in [0.4, 0.5) is 0 Å². The minimum Gasteiger partial charge on any atom is -0.488 e. The summed E-state index contributed by atoms with van der Waals surface area (Å²) < 4.78 is 5.90. The van der Waals surface area contributed by atoms with E-state index in [1.54, 1.807) is 0 Å². The second-order valence-electron chi connectivity index (χ2n) is 4.92. The van der Waals surface area contributed by atoms with Crippen LogP contribution < -0.4 is 10.1 Å². The summed E-state index contributed by atoms with van der Waals surface area (Å²) in [5, 5.41) is 3.49. The van der Waals surface area contributed by atoms with Gasteiger partial charge in [-0.05, 0) is 23.8 Å². The van der Waals surface area contributed by atoms with Gasteiger partial charge in [0.2, 0.25) is 0 Å². The lowest BCUT2D eigenvalue weighted by Crippen LogP contribution is -2.31. The van der Waals surface area contributed by atoms with E-state index in [9.17, 15) is 0 Å². The van der Waals surface area contributed by atoms with E-state index in [2.05, 4.69) is 53.8 Å². The van der Waals surface area contributed by atoms with Gasteiger partial charge in [-0.3, -0.25) is 0 Å². The molecule has 0 aliphatic carbocycles. The van der Waals surface area contributed by atoms with Crippen LogP contribution in [-0.2, 0) is 6.42 Å². The number of rotatable bonds is 6. The Morgan fingerprint density at radius 2 is 1.85 bits per heavy atom. The molecule has 1 unspecified atom stereocenters. The first-order valence-corrected chi connectivity index (χ1v) is 8.03. The van der Waals surface area contributed by atoms with Gasteiger partial charge in [-0.1, -0.05) is 36.4 Å². The molecule has 3 heteroatoms. The van der Waals surface area contributed by atoms with Crippen molar-refractivity contribution in [1.82, 2.24) is 5.32 Å². The van der Waals surface area contributed by atoms with Crippen molar-refractivity contribution in [2.45, 2.75) is 17.4 Å². The largest absolute Gasteiger partial charge is 0.488 e. The zero-order valence-corrected chi connectivity index (χ0v) is 12.2. The Hall–Kier alpha value is -1.45. The molecule has 1 atom stereocenters. The van der Waals surface area contributed by atoms with Crippen LogP contribution in [0.1, 0.15) is 5.56 Å². The van der Waals surface area contributed by atoms with Gasteiger partial charge in [0.25, 0.3) is 0 Å². The zero-order chi connectivity index (χ0) is 13.6. The summed E-state index contributed by atoms with van der Waals surface area (Å²) in [5.41, 5.74) is 1.33. The Morgan fingerprint density at radius 3 is 2.70 bits per heavy atom. The summed E-state index contributed by atoms with van der Waals surface area (Å²) >= 11 is 1.89. The highest BCUT2D eigenvalue weighted by molar-refractivity contribution is 7.99. The van der Waals surface area contributed by atoms with Crippen LogP contribution in [0.2, 0.25) is 0 Å². The topological polar surface area (TPSA) is 21.3 Å². The van der Waals surface area contributed by atoms with Gasteiger partial charge in [0, 0.05) is 30.2 Å². The number of hydrogen-bond donors (Lipinski definition) is 1. The second-order valence-corrected chi connectivity index (χ2v) is 6.09. The molecule has 20 heavy (non-hydrogen) atoms. The van der Waals surface area contributed by atoms with Crippen LogP contribution >= 0.6 is 11.8 Å². The molecular weight excluding hydrogens is 266 g/mol. The first-order chi connectivity index (χ1) is 9.92. The van der Waals surface area contributed by atoms with Gasteiger partial charge in [-0.2, -0.15) is 0 Å². The Balaban J connectivity index is 1.34. The van der Waals surface area contributed by atoms with Crippen molar-refractivity contribution in [3.63, 3.8) is 0 Å². The van der Waals surface area contributed by atoms with Crippen molar-refractivity contribution in [2.24, 2.45) is 0 Å². The molecule has 0 saturated carbocycles. The van der Waals surface area contributed by atoms with Crippen LogP contribution in [0.25, 0.3) is 0 Å². The number of fused-ring (bicyclic) bond motifs is 1. The molecule has 0 radical (unpaired) electrons. The Morgan fingerprint density at radius 1 is 1.05 bits per heavy atom. The molecule has 1 N–H and O–H groups in total. The van der Waals surface area contributed by atoms with Gasteiger partial charge in [-0.15, -0.1) is 11.8 Å². The van der Waals surface area contributed by atoms with Crippen molar-refractivity contribution in [1.29, 1.82) is 0 Å². The molecular formula is C17H19NOS. The maximum atomic E-state index is 5.90. The fourth-order valence-corrected chi connectivity index (χ4v) is 3.22. The van der Waals surface area contributed by atoms with E-state index >= 15 is 0 Å². The van der Waals surface area contributed by atoms with Gasteiger partial charge in [0.1, 0.15) is 11.9 Å². The summed E-state index contributed by atoms with van der Waals surface area (Å²) in [4.78, 5) is 1.33. The number of para-hydroxylation sites is 1. The Bertz CT molecular complexity index is 519. The van der Waals surface area contributed by atoms with E-state index in [1.165, 1.54) is 10.5 Å². The summed E-state index contributed by atoms with van der Waals surface area (Å²) in [7, 11) is 0. The fourth-order valence-electron chi connectivity index (χ4n) is 2.39. The highest BCUT2D eigenvalue weighted by Gasteiger charge is 2.21. The number of thioether (sulfide) groups is 1. The van der Waals surface area contributed by atoms with Gasteiger partial charge in [0.05, 0.1) is 0 Å². The van der Waals surface area contributed by atoms with Crippen molar-refractivity contribution in [3.8, 4) is 5.75 Å². The molecule has 0 spiro atoms. The van der Waals surface area contributed by atoms with Crippen molar-refractivity contribution in [3.05, 3.63) is 60.2 Å². The van der Waals surface area contributed by atoms with E-state index in [4.69, 9.17) is 4.74 Å². The summed E-state index contributed by atoms with van der Waals surface area (Å²) in [6, 6.07) is 18.8. The molecule has 0 aromatic heterocycles. The van der Waals surface area contributed by atoms with Crippen molar-refractivity contribution >= 4 is 11.8 Å². The predicted octanol–water partition coefficient (Wildman–Crippen LogP) is 3.37. The third kappa shape index (κ3) is 3.56. The number of benzene rings is 2. The SMILES string of the molecule is c1ccc(SCCNCC2Cc3ccccc3O2)cc1. The van der Waals surface area contributed by atoms with Gasteiger partial charge < -0.3 is 10.1 Å². The van der Waals surface area contributed by atoms with E-state index in [1.807, 2.05) is 17.8 Å². The molecule has 1 aliphatic heterocycles. The molecule has 3 rings (SSSR count). The summed E-state index contributed by atoms with van der Waals surface area (Å²) in [6.07, 6.45) is 1.31. The van der Waals surface area contributed by atoms with Crippen molar-refractivity contribution < 1.29 is 4.74 Å². The third-order valence-corrected chi connectivity index (χ3v) is 4.39. The molecule has 104 valence electrons. The lowest BCUT2D eigenvalue weighted by atomic mass is 10.1. The summed E-state index contributed by atoms with van der Waals surface area (Å²) in [5.74, 6) is 2.14. The van der Waals surface area contributed by atoms with E-state index in [0.29, 0.717) is 0 Å². The number of ether oxygens (including phenoxy) is 1. The highest BCUT2D eigenvalue weighted by Crippen LogP contribution is 2.27. The lowest BCUT2D eigenvalue weighted by Gasteiger charge is -2.11. The number of nitrogens with one attached hydrogen (secondary N) is 1. The van der Waals surface area contributed by atoms with E-state index in [0.717, 1.165) is 31.0 Å². The molecule has 0 fully saturated rings. The van der Waals surface area contributed by atoms with Crippen LogP contribution in [-0.4, -0.2) is 24.9 Å². The van der Waals surface area contributed by atoms with Crippen molar-refractivity contribution in [2.75, 3.05) is 18.8 Å². The molecule has 2 nitrogen and oxygen atoms in total. The molecule has 0 amide bonds. The maximum Gasteiger partial charge on any atom is 0.123 e. The Labute approximate surface area is 124 Å². The minimum absolute atomic E-state index is 0.286. The van der Waals surface area contributed by atoms with E-state index < -0.39 is 0 Å². The normalized spacial score (nSPS) is 16.7. The van der Waals surface area contributed by atoms with Crippen LogP contribution in [0.3, 0.4) is 0 Å². The minimum atomic E-state index is 0.286. The molecule has 1 heterocycles. The lowest BCUT2D eigenvalue weighted by molar-refractivity contribution is 0.229. The van der Waals surface area contributed by atoms with Gasteiger partial charge in [-0.25, -0.2) is 0 Å². The number of hydrogen-bond acceptors (Lipinski definition) is 3. The van der Waals surface area contributed by atoms with Gasteiger partial charge >= 0.3 is 0 Å². The van der Waals surface area contributed by atoms with Crippen LogP contribution in [0, 0.1) is 0 Å². The predicted molar refractivity (Wildman–Crippen MR) is 84.6 cm³/mol. The molecule has 0 bridgehead atoms. The quantitative estimate of drug-likeness (QED) is 0.649. The first kappa shape index (κ1) is 13.5. The van der Waals surface area contributed by atoms with E-state index in [-0.39, 0.29) is 6.10 Å². The third-order valence-electron chi connectivity index (χ3n) is 3.38. The molecule has 0 saturated heterocycles. The molecule has 2 aromatic carbocycles.